The summed E-state index contributed by atoms with van der Waals surface area (Å²) in [5.74, 6) is 0. The van der Waals surface area contributed by atoms with Gasteiger partial charge < -0.3 is 5.32 Å². The molecule has 1 aliphatic rings. The summed E-state index contributed by atoms with van der Waals surface area (Å²) in [4.78, 5) is 0. The average molecular weight is 288 g/mol. The number of rotatable bonds is 2. The maximum Gasteiger partial charge on any atom is 0.0530 e. The van der Waals surface area contributed by atoms with Gasteiger partial charge in [-0.15, -0.1) is 0 Å². The van der Waals surface area contributed by atoms with Crippen molar-refractivity contribution < 1.29 is 0 Å². The van der Waals surface area contributed by atoms with Gasteiger partial charge in [0.1, 0.15) is 0 Å². The highest BCUT2D eigenvalue weighted by atomic mass is 79.9. The standard InChI is InChI=1S/C15H14BrN/c16-13-8-4-5-11-9-10-14(15(11)13)17-12-6-2-1-3-7-12/h1-8,14,17H,9-10H2. The van der Waals surface area contributed by atoms with Crippen LogP contribution in [0.3, 0.4) is 0 Å². The third-order valence-electron chi connectivity index (χ3n) is 3.31. The van der Waals surface area contributed by atoms with Crippen LogP contribution in [0.4, 0.5) is 5.69 Å². The van der Waals surface area contributed by atoms with Crippen LogP contribution in [-0.4, -0.2) is 0 Å². The summed E-state index contributed by atoms with van der Waals surface area (Å²) >= 11 is 3.66. The molecule has 17 heavy (non-hydrogen) atoms. The van der Waals surface area contributed by atoms with Gasteiger partial charge in [0.05, 0.1) is 6.04 Å². The summed E-state index contributed by atoms with van der Waals surface area (Å²) < 4.78 is 1.22. The minimum Gasteiger partial charge on any atom is -0.378 e. The quantitative estimate of drug-likeness (QED) is 0.855. The van der Waals surface area contributed by atoms with E-state index in [4.69, 9.17) is 0 Å². The predicted octanol–water partition coefficient (Wildman–Crippen LogP) is 4.55. The van der Waals surface area contributed by atoms with Gasteiger partial charge >= 0.3 is 0 Å². The summed E-state index contributed by atoms with van der Waals surface area (Å²) in [6.07, 6.45) is 2.34. The Bertz CT molecular complexity index is 522. The maximum absolute atomic E-state index is 3.66. The van der Waals surface area contributed by atoms with Crippen LogP contribution in [0.2, 0.25) is 0 Å². The average Bonchev–Trinajstić information content (AvgIpc) is 2.75. The summed E-state index contributed by atoms with van der Waals surface area (Å²) in [5.41, 5.74) is 4.09. The van der Waals surface area contributed by atoms with Crippen molar-refractivity contribution >= 4 is 21.6 Å². The topological polar surface area (TPSA) is 12.0 Å². The first-order valence-electron chi connectivity index (χ1n) is 5.93. The van der Waals surface area contributed by atoms with Gasteiger partial charge in [0.15, 0.2) is 0 Å². The van der Waals surface area contributed by atoms with Gasteiger partial charge in [-0.25, -0.2) is 0 Å². The fourth-order valence-corrected chi connectivity index (χ4v) is 3.20. The molecule has 2 aromatic carbocycles. The zero-order valence-corrected chi connectivity index (χ0v) is 11.1. The molecule has 0 amide bonds. The van der Waals surface area contributed by atoms with Crippen LogP contribution in [-0.2, 0) is 6.42 Å². The van der Waals surface area contributed by atoms with Gasteiger partial charge in [-0.05, 0) is 42.2 Å². The Labute approximate surface area is 110 Å². The number of halogens is 1. The van der Waals surface area contributed by atoms with E-state index in [-0.39, 0.29) is 0 Å². The van der Waals surface area contributed by atoms with Crippen LogP contribution in [0.25, 0.3) is 0 Å². The number of para-hydroxylation sites is 1. The van der Waals surface area contributed by atoms with Crippen LogP contribution in [0, 0.1) is 0 Å². The van der Waals surface area contributed by atoms with Crippen molar-refractivity contribution in [1.82, 2.24) is 0 Å². The van der Waals surface area contributed by atoms with E-state index in [1.807, 2.05) is 6.07 Å². The lowest BCUT2D eigenvalue weighted by atomic mass is 10.1. The highest BCUT2D eigenvalue weighted by Crippen LogP contribution is 2.38. The molecule has 1 atom stereocenters. The zero-order valence-electron chi connectivity index (χ0n) is 9.49. The molecule has 1 N–H and O–H groups in total. The van der Waals surface area contributed by atoms with Crippen LogP contribution in [0.1, 0.15) is 23.6 Å². The van der Waals surface area contributed by atoms with Crippen LogP contribution >= 0.6 is 15.9 Å². The fraction of sp³-hybridized carbons (Fsp3) is 0.200. The second-order valence-electron chi connectivity index (χ2n) is 4.41. The molecular weight excluding hydrogens is 274 g/mol. The van der Waals surface area contributed by atoms with Crippen LogP contribution in [0.15, 0.2) is 53.0 Å². The number of hydrogen-bond donors (Lipinski definition) is 1. The molecule has 0 saturated heterocycles. The number of anilines is 1. The monoisotopic (exact) mass is 287 g/mol. The molecule has 86 valence electrons. The van der Waals surface area contributed by atoms with Crippen molar-refractivity contribution in [3.63, 3.8) is 0 Å². The lowest BCUT2D eigenvalue weighted by Crippen LogP contribution is -2.07. The Kier molecular flexibility index (Phi) is 2.89. The lowest BCUT2D eigenvalue weighted by molar-refractivity contribution is 0.760. The fourth-order valence-electron chi connectivity index (χ4n) is 2.51. The molecular formula is C15H14BrN. The molecule has 0 heterocycles. The van der Waals surface area contributed by atoms with Crippen molar-refractivity contribution in [2.24, 2.45) is 0 Å². The van der Waals surface area contributed by atoms with Gasteiger partial charge in [0, 0.05) is 10.2 Å². The first-order valence-corrected chi connectivity index (χ1v) is 6.73. The van der Waals surface area contributed by atoms with Crippen molar-refractivity contribution in [2.75, 3.05) is 5.32 Å². The van der Waals surface area contributed by atoms with Gasteiger partial charge in [-0.2, -0.15) is 0 Å². The molecule has 0 fully saturated rings. The first kappa shape index (κ1) is 10.8. The van der Waals surface area contributed by atoms with Crippen molar-refractivity contribution in [2.45, 2.75) is 18.9 Å². The minimum atomic E-state index is 0.433. The van der Waals surface area contributed by atoms with Gasteiger partial charge in [-0.1, -0.05) is 46.3 Å². The Morgan fingerprint density at radius 3 is 2.65 bits per heavy atom. The third kappa shape index (κ3) is 2.09. The Morgan fingerprint density at radius 1 is 1.00 bits per heavy atom. The molecule has 2 aromatic rings. The Balaban J connectivity index is 1.89. The molecule has 0 aromatic heterocycles. The van der Waals surface area contributed by atoms with E-state index < -0.39 is 0 Å². The highest BCUT2D eigenvalue weighted by Gasteiger charge is 2.24. The Morgan fingerprint density at radius 2 is 1.82 bits per heavy atom. The smallest absolute Gasteiger partial charge is 0.0530 e. The van der Waals surface area contributed by atoms with Crippen molar-refractivity contribution in [1.29, 1.82) is 0 Å². The summed E-state index contributed by atoms with van der Waals surface area (Å²) in [5, 5.41) is 3.61. The van der Waals surface area contributed by atoms with E-state index in [9.17, 15) is 0 Å². The molecule has 2 heteroatoms. The molecule has 1 nitrogen and oxygen atoms in total. The summed E-state index contributed by atoms with van der Waals surface area (Å²) in [6, 6.07) is 17.3. The zero-order chi connectivity index (χ0) is 11.7. The van der Waals surface area contributed by atoms with E-state index in [2.05, 4.69) is 63.7 Å². The van der Waals surface area contributed by atoms with E-state index in [1.54, 1.807) is 0 Å². The maximum atomic E-state index is 3.66. The predicted molar refractivity (Wildman–Crippen MR) is 75.3 cm³/mol. The minimum absolute atomic E-state index is 0.433. The molecule has 0 bridgehead atoms. The molecule has 3 rings (SSSR count). The van der Waals surface area contributed by atoms with E-state index in [1.165, 1.54) is 34.1 Å². The first-order chi connectivity index (χ1) is 8.34. The number of aryl methyl sites for hydroxylation is 1. The molecule has 0 spiro atoms. The molecule has 1 unspecified atom stereocenters. The van der Waals surface area contributed by atoms with Gasteiger partial charge in [-0.3, -0.25) is 0 Å². The second kappa shape index (κ2) is 4.53. The van der Waals surface area contributed by atoms with Gasteiger partial charge in [0.2, 0.25) is 0 Å². The van der Waals surface area contributed by atoms with E-state index in [0.29, 0.717) is 6.04 Å². The number of benzene rings is 2. The third-order valence-corrected chi connectivity index (χ3v) is 4.00. The highest BCUT2D eigenvalue weighted by molar-refractivity contribution is 9.10. The van der Waals surface area contributed by atoms with E-state index in [0.717, 1.165) is 0 Å². The molecule has 1 aliphatic carbocycles. The number of fused-ring (bicyclic) bond motifs is 1. The van der Waals surface area contributed by atoms with Crippen LogP contribution < -0.4 is 5.32 Å². The van der Waals surface area contributed by atoms with Crippen LogP contribution in [0.5, 0.6) is 0 Å². The molecule has 0 aliphatic heterocycles. The largest absolute Gasteiger partial charge is 0.378 e. The van der Waals surface area contributed by atoms with E-state index >= 15 is 0 Å². The number of nitrogens with one attached hydrogen (secondary N) is 1. The molecule has 0 saturated carbocycles. The lowest BCUT2D eigenvalue weighted by Gasteiger charge is -2.16. The number of hydrogen-bond acceptors (Lipinski definition) is 1. The van der Waals surface area contributed by atoms with Crippen molar-refractivity contribution in [3.8, 4) is 0 Å². The SMILES string of the molecule is Brc1cccc2c1C(Nc1ccccc1)CC2. The van der Waals surface area contributed by atoms with Crippen molar-refractivity contribution in [3.05, 3.63) is 64.1 Å². The summed E-state index contributed by atoms with van der Waals surface area (Å²) in [7, 11) is 0. The second-order valence-corrected chi connectivity index (χ2v) is 5.27. The van der Waals surface area contributed by atoms with Gasteiger partial charge in [0.25, 0.3) is 0 Å². The Hall–Kier alpha value is -1.28. The normalized spacial score (nSPS) is 17.8. The molecule has 0 radical (unpaired) electrons. The summed E-state index contributed by atoms with van der Waals surface area (Å²) in [6.45, 7) is 0.